The number of rotatable bonds is 4. The molecule has 2 fully saturated rings. The zero-order chi connectivity index (χ0) is 12.4. The number of hydrogen-bond donors (Lipinski definition) is 1. The van der Waals surface area contributed by atoms with Crippen LogP contribution in [0.2, 0.25) is 0 Å². The molecule has 0 aliphatic heterocycles. The molecular formula is C13H21NO3. The molecule has 2 aliphatic carbocycles. The molecule has 96 valence electrons. The molecule has 1 N–H and O–H groups in total. The summed E-state index contributed by atoms with van der Waals surface area (Å²) in [5.41, 5.74) is 0. The molecule has 17 heavy (non-hydrogen) atoms. The van der Waals surface area contributed by atoms with E-state index in [1.807, 2.05) is 0 Å². The molecule has 0 aromatic heterocycles. The lowest BCUT2D eigenvalue weighted by atomic mass is 9.80. The lowest BCUT2D eigenvalue weighted by Crippen LogP contribution is -2.47. The summed E-state index contributed by atoms with van der Waals surface area (Å²) in [5.74, 6) is 0.351. The van der Waals surface area contributed by atoms with Crippen LogP contribution in [0.3, 0.4) is 0 Å². The maximum atomic E-state index is 11.2. The Morgan fingerprint density at radius 2 is 2.00 bits per heavy atom. The molecule has 0 radical (unpaired) electrons. The molecule has 0 spiro atoms. The van der Waals surface area contributed by atoms with Crippen molar-refractivity contribution >= 4 is 12.4 Å². The third-order valence-electron chi connectivity index (χ3n) is 4.60. The van der Waals surface area contributed by atoms with E-state index in [1.165, 1.54) is 19.3 Å². The summed E-state index contributed by atoms with van der Waals surface area (Å²) in [4.78, 5) is 23.7. The highest BCUT2D eigenvalue weighted by atomic mass is 16.4. The maximum Gasteiger partial charge on any atom is 0.326 e. The first-order valence-corrected chi connectivity index (χ1v) is 6.60. The second-order valence-corrected chi connectivity index (χ2v) is 5.42. The summed E-state index contributed by atoms with van der Waals surface area (Å²) in [7, 11) is 0. The molecule has 0 bridgehead atoms. The predicted molar refractivity (Wildman–Crippen MR) is 63.5 cm³/mol. The summed E-state index contributed by atoms with van der Waals surface area (Å²) < 4.78 is 0. The highest BCUT2D eigenvalue weighted by Gasteiger charge is 2.42. The second kappa shape index (κ2) is 5.07. The molecule has 1 amide bonds. The zero-order valence-electron chi connectivity index (χ0n) is 10.3. The largest absolute Gasteiger partial charge is 0.480 e. The van der Waals surface area contributed by atoms with Gasteiger partial charge in [0.1, 0.15) is 6.04 Å². The number of aliphatic carboxylic acids is 1. The van der Waals surface area contributed by atoms with Gasteiger partial charge < -0.3 is 10.0 Å². The molecule has 0 heterocycles. The normalized spacial score (nSPS) is 33.8. The number of carboxylic acid groups (broad SMARTS) is 1. The van der Waals surface area contributed by atoms with Gasteiger partial charge in [0.25, 0.3) is 0 Å². The first-order chi connectivity index (χ1) is 8.15. The average molecular weight is 239 g/mol. The number of fused-ring (bicyclic) bond motifs is 1. The average Bonchev–Trinajstić information content (AvgIpc) is 2.74. The van der Waals surface area contributed by atoms with E-state index in [1.54, 1.807) is 11.8 Å². The summed E-state index contributed by atoms with van der Waals surface area (Å²) in [6.07, 6.45) is 7.81. The van der Waals surface area contributed by atoms with Gasteiger partial charge >= 0.3 is 5.97 Å². The molecule has 0 aromatic carbocycles. The molecule has 2 aliphatic rings. The lowest BCUT2D eigenvalue weighted by Gasteiger charge is -2.36. The first-order valence-electron chi connectivity index (χ1n) is 6.60. The number of carbonyl (C=O) groups excluding carboxylic acids is 1. The van der Waals surface area contributed by atoms with Gasteiger partial charge in [-0.15, -0.1) is 0 Å². The fraction of sp³-hybridized carbons (Fsp3) is 0.846. The van der Waals surface area contributed by atoms with Crippen LogP contribution in [-0.2, 0) is 9.59 Å². The van der Waals surface area contributed by atoms with Gasteiger partial charge in [-0.1, -0.05) is 19.3 Å². The Kier molecular flexibility index (Phi) is 3.69. The molecule has 2 saturated carbocycles. The quantitative estimate of drug-likeness (QED) is 0.762. The van der Waals surface area contributed by atoms with E-state index >= 15 is 0 Å². The van der Waals surface area contributed by atoms with Crippen LogP contribution in [0.15, 0.2) is 0 Å². The predicted octanol–water partition coefficient (Wildman–Crippen LogP) is 1.89. The molecule has 4 heteroatoms. The fourth-order valence-corrected chi connectivity index (χ4v) is 3.65. The third-order valence-corrected chi connectivity index (χ3v) is 4.60. The van der Waals surface area contributed by atoms with Gasteiger partial charge in [-0.05, 0) is 38.0 Å². The van der Waals surface area contributed by atoms with E-state index in [9.17, 15) is 9.59 Å². The van der Waals surface area contributed by atoms with Crippen molar-refractivity contribution in [2.24, 2.45) is 11.8 Å². The van der Waals surface area contributed by atoms with E-state index in [0.717, 1.165) is 31.6 Å². The van der Waals surface area contributed by atoms with E-state index in [4.69, 9.17) is 5.11 Å². The van der Waals surface area contributed by atoms with Gasteiger partial charge in [-0.2, -0.15) is 0 Å². The van der Waals surface area contributed by atoms with Crippen molar-refractivity contribution in [3.8, 4) is 0 Å². The molecular weight excluding hydrogens is 218 g/mol. The molecule has 0 aromatic rings. The van der Waals surface area contributed by atoms with Gasteiger partial charge in [0.15, 0.2) is 0 Å². The Morgan fingerprint density at radius 1 is 1.29 bits per heavy atom. The van der Waals surface area contributed by atoms with Crippen LogP contribution in [-0.4, -0.2) is 34.5 Å². The molecule has 2 rings (SSSR count). The van der Waals surface area contributed by atoms with E-state index in [-0.39, 0.29) is 6.04 Å². The van der Waals surface area contributed by atoms with Crippen molar-refractivity contribution in [1.82, 2.24) is 4.90 Å². The highest BCUT2D eigenvalue weighted by Crippen LogP contribution is 2.44. The smallest absolute Gasteiger partial charge is 0.326 e. The molecule has 0 saturated heterocycles. The van der Waals surface area contributed by atoms with Crippen molar-refractivity contribution in [3.63, 3.8) is 0 Å². The van der Waals surface area contributed by atoms with Crippen LogP contribution in [0.4, 0.5) is 0 Å². The van der Waals surface area contributed by atoms with Crippen molar-refractivity contribution in [2.75, 3.05) is 0 Å². The second-order valence-electron chi connectivity index (χ2n) is 5.42. The van der Waals surface area contributed by atoms with E-state index < -0.39 is 12.0 Å². The monoisotopic (exact) mass is 239 g/mol. The van der Waals surface area contributed by atoms with Crippen molar-refractivity contribution in [1.29, 1.82) is 0 Å². The van der Waals surface area contributed by atoms with Crippen LogP contribution >= 0.6 is 0 Å². The Balaban J connectivity index is 2.09. The highest BCUT2D eigenvalue weighted by molar-refractivity contribution is 5.75. The van der Waals surface area contributed by atoms with E-state index in [2.05, 4.69) is 0 Å². The molecule has 4 atom stereocenters. The standard InChI is InChI=1S/C13H21NO3/c1-9(13(16)17)14(8-15)12-7-6-10-4-2-3-5-11(10)12/h8-12H,2-7H2,1H3,(H,16,17). The minimum atomic E-state index is -0.906. The Bertz CT molecular complexity index is 305. The Morgan fingerprint density at radius 3 is 2.65 bits per heavy atom. The van der Waals surface area contributed by atoms with Gasteiger partial charge in [0.2, 0.25) is 6.41 Å². The third kappa shape index (κ3) is 2.31. The minimum absolute atomic E-state index is 0.156. The van der Waals surface area contributed by atoms with Crippen LogP contribution in [0, 0.1) is 11.8 Å². The van der Waals surface area contributed by atoms with Crippen LogP contribution < -0.4 is 0 Å². The maximum absolute atomic E-state index is 11.2. The SMILES string of the molecule is CC(C(=O)O)N(C=O)C1CCC2CCCCC21. The van der Waals surface area contributed by atoms with Crippen LogP contribution in [0.5, 0.6) is 0 Å². The van der Waals surface area contributed by atoms with Gasteiger partial charge in [0, 0.05) is 6.04 Å². The van der Waals surface area contributed by atoms with Crippen molar-refractivity contribution < 1.29 is 14.7 Å². The number of carbonyl (C=O) groups is 2. The topological polar surface area (TPSA) is 57.6 Å². The zero-order valence-corrected chi connectivity index (χ0v) is 10.3. The Hall–Kier alpha value is -1.06. The lowest BCUT2D eigenvalue weighted by molar-refractivity contribution is -0.147. The van der Waals surface area contributed by atoms with Gasteiger partial charge in [-0.25, -0.2) is 4.79 Å². The van der Waals surface area contributed by atoms with Crippen molar-refractivity contribution in [3.05, 3.63) is 0 Å². The molecule has 4 nitrogen and oxygen atoms in total. The fourth-order valence-electron chi connectivity index (χ4n) is 3.65. The summed E-state index contributed by atoms with van der Waals surface area (Å²) in [6, 6.07) is -0.540. The summed E-state index contributed by atoms with van der Waals surface area (Å²) in [5, 5.41) is 9.04. The Labute approximate surface area is 102 Å². The van der Waals surface area contributed by atoms with Gasteiger partial charge in [0.05, 0.1) is 0 Å². The summed E-state index contributed by atoms with van der Waals surface area (Å²) in [6.45, 7) is 1.60. The van der Waals surface area contributed by atoms with Crippen LogP contribution in [0.1, 0.15) is 45.4 Å². The summed E-state index contributed by atoms with van der Waals surface area (Å²) >= 11 is 0. The van der Waals surface area contributed by atoms with Crippen LogP contribution in [0.25, 0.3) is 0 Å². The van der Waals surface area contributed by atoms with E-state index in [0.29, 0.717) is 5.92 Å². The number of hydrogen-bond acceptors (Lipinski definition) is 2. The first kappa shape index (κ1) is 12.4. The van der Waals surface area contributed by atoms with Gasteiger partial charge in [-0.3, -0.25) is 4.79 Å². The minimum Gasteiger partial charge on any atom is -0.480 e. The number of amides is 1. The molecule has 4 unspecified atom stereocenters. The number of nitrogens with zero attached hydrogens (tertiary/aromatic N) is 1. The van der Waals surface area contributed by atoms with Crippen molar-refractivity contribution in [2.45, 2.75) is 57.5 Å². The number of carboxylic acids is 1.